The highest BCUT2D eigenvalue weighted by molar-refractivity contribution is 5.76. The van der Waals surface area contributed by atoms with E-state index in [0.29, 0.717) is 6.42 Å². The quantitative estimate of drug-likeness (QED) is 0.0293. The molecule has 0 aromatic carbocycles. The summed E-state index contributed by atoms with van der Waals surface area (Å²) in [5.74, 6) is -0.252. The van der Waals surface area contributed by atoms with Gasteiger partial charge in [0.2, 0.25) is 5.91 Å². The molecule has 1 heterocycles. The van der Waals surface area contributed by atoms with E-state index in [1.165, 1.54) is 231 Å². The number of amides is 1. The molecule has 0 saturated carbocycles. The minimum Gasteiger partial charge on any atom is -0.394 e. The number of hydrogen-bond acceptors (Lipinski definition) is 9. The fraction of sp³-hybridized carbons (Fsp3) is 0.983. The maximum absolute atomic E-state index is 13.0. The van der Waals surface area contributed by atoms with Gasteiger partial charge in [-0.1, -0.05) is 284 Å². The van der Waals surface area contributed by atoms with Gasteiger partial charge >= 0.3 is 0 Å². The maximum atomic E-state index is 13.0. The number of carbonyl (C=O) groups is 1. The first-order valence-electron chi connectivity index (χ1n) is 29.8. The standard InChI is InChI=1S/C58H115NO9/c1-3-5-7-9-11-13-14-15-16-17-18-19-20-21-22-23-24-25-26-27-28-29-30-31-32-33-34-35-36-37-39-41-43-45-47-53(62)59-50(49-67-58-57(66)56(65)55(64)52(48-60)68-58)54(63)51(61)46-44-42-40-38-12-10-8-6-4-2/h50-52,54-58,60-61,63-66H,3-49H2,1-2H3,(H,59,62)/t50-,51+,52+,54-,55-,56?,57?,58+/m0/s1. The largest absolute Gasteiger partial charge is 0.394 e. The molecule has 10 nitrogen and oxygen atoms in total. The molecule has 1 saturated heterocycles. The lowest BCUT2D eigenvalue weighted by Gasteiger charge is -2.40. The molecule has 1 fully saturated rings. The molecule has 0 aromatic heterocycles. The van der Waals surface area contributed by atoms with Gasteiger partial charge in [0.05, 0.1) is 25.4 Å². The van der Waals surface area contributed by atoms with E-state index >= 15 is 0 Å². The highest BCUT2D eigenvalue weighted by atomic mass is 16.7. The summed E-state index contributed by atoms with van der Waals surface area (Å²) in [5, 5.41) is 65.2. The Balaban J connectivity index is 2.06. The summed E-state index contributed by atoms with van der Waals surface area (Å²) in [6.45, 7) is 3.62. The number of rotatable bonds is 52. The van der Waals surface area contributed by atoms with Crippen LogP contribution in [0.3, 0.4) is 0 Å². The summed E-state index contributed by atoms with van der Waals surface area (Å²) in [7, 11) is 0. The van der Waals surface area contributed by atoms with Crippen molar-refractivity contribution in [1.29, 1.82) is 0 Å². The number of ether oxygens (including phenoxy) is 2. The molecule has 406 valence electrons. The van der Waals surface area contributed by atoms with Crippen LogP contribution in [0.15, 0.2) is 0 Å². The van der Waals surface area contributed by atoms with Gasteiger partial charge in [-0.05, 0) is 12.8 Å². The number of nitrogens with one attached hydrogen (secondary N) is 1. The number of carbonyl (C=O) groups excluding carboxylic acids is 1. The van der Waals surface area contributed by atoms with Gasteiger partial charge in [0.25, 0.3) is 0 Å². The zero-order valence-electron chi connectivity index (χ0n) is 44.8. The molecule has 1 aliphatic heterocycles. The highest BCUT2D eigenvalue weighted by Crippen LogP contribution is 2.24. The second-order valence-electron chi connectivity index (χ2n) is 21.3. The Morgan fingerprint density at radius 1 is 0.456 bits per heavy atom. The predicted octanol–water partition coefficient (Wildman–Crippen LogP) is 13.6. The highest BCUT2D eigenvalue weighted by Gasteiger charge is 2.44. The van der Waals surface area contributed by atoms with E-state index in [2.05, 4.69) is 19.2 Å². The summed E-state index contributed by atoms with van der Waals surface area (Å²) in [5.41, 5.74) is 0. The molecule has 7 N–H and O–H groups in total. The molecule has 1 aliphatic rings. The van der Waals surface area contributed by atoms with Crippen molar-refractivity contribution >= 4 is 5.91 Å². The van der Waals surface area contributed by atoms with Crippen LogP contribution >= 0.6 is 0 Å². The first kappa shape index (κ1) is 65.2. The van der Waals surface area contributed by atoms with Gasteiger partial charge in [-0.3, -0.25) is 4.79 Å². The molecule has 0 aliphatic carbocycles. The zero-order chi connectivity index (χ0) is 49.6. The van der Waals surface area contributed by atoms with Gasteiger partial charge < -0.3 is 45.4 Å². The van der Waals surface area contributed by atoms with Crippen LogP contribution in [0, 0.1) is 0 Å². The van der Waals surface area contributed by atoms with E-state index in [0.717, 1.165) is 44.9 Å². The summed E-state index contributed by atoms with van der Waals surface area (Å²) >= 11 is 0. The number of hydrogen-bond donors (Lipinski definition) is 7. The van der Waals surface area contributed by atoms with Gasteiger partial charge in [0.15, 0.2) is 6.29 Å². The Kier molecular flexibility index (Phi) is 46.4. The minimum absolute atomic E-state index is 0.252. The summed E-state index contributed by atoms with van der Waals surface area (Å²) < 4.78 is 11.2. The van der Waals surface area contributed by atoms with Crippen LogP contribution in [0.2, 0.25) is 0 Å². The molecule has 0 aromatic rings. The normalized spacial score (nSPS) is 19.9. The lowest BCUT2D eigenvalue weighted by molar-refractivity contribution is -0.303. The Morgan fingerprint density at radius 2 is 0.765 bits per heavy atom. The molecule has 68 heavy (non-hydrogen) atoms. The average molecular weight is 971 g/mol. The Morgan fingerprint density at radius 3 is 1.09 bits per heavy atom. The van der Waals surface area contributed by atoms with Crippen molar-refractivity contribution in [3.63, 3.8) is 0 Å². The van der Waals surface area contributed by atoms with Crippen molar-refractivity contribution in [3.8, 4) is 0 Å². The van der Waals surface area contributed by atoms with Gasteiger partial charge in [-0.2, -0.15) is 0 Å². The van der Waals surface area contributed by atoms with Gasteiger partial charge in [-0.15, -0.1) is 0 Å². The molecule has 0 radical (unpaired) electrons. The Labute approximate surface area is 419 Å². The van der Waals surface area contributed by atoms with Crippen LogP contribution in [0.4, 0.5) is 0 Å². The van der Waals surface area contributed by atoms with E-state index in [4.69, 9.17) is 9.47 Å². The lowest BCUT2D eigenvalue weighted by Crippen LogP contribution is -2.60. The topological polar surface area (TPSA) is 169 Å². The van der Waals surface area contributed by atoms with Crippen molar-refractivity contribution in [2.45, 2.75) is 352 Å². The first-order valence-corrected chi connectivity index (χ1v) is 29.8. The van der Waals surface area contributed by atoms with Crippen LogP contribution in [-0.2, 0) is 14.3 Å². The smallest absolute Gasteiger partial charge is 0.220 e. The lowest BCUT2D eigenvalue weighted by atomic mass is 9.98. The molecule has 1 amide bonds. The molecule has 2 unspecified atom stereocenters. The monoisotopic (exact) mass is 970 g/mol. The molecule has 0 bridgehead atoms. The average Bonchev–Trinajstić information content (AvgIpc) is 3.34. The van der Waals surface area contributed by atoms with Crippen LogP contribution in [-0.4, -0.2) is 98.7 Å². The van der Waals surface area contributed by atoms with Gasteiger partial charge in [-0.25, -0.2) is 0 Å². The molecular formula is C58H115NO9. The van der Waals surface area contributed by atoms with Crippen LogP contribution in [0.5, 0.6) is 0 Å². The van der Waals surface area contributed by atoms with Crippen LogP contribution in [0.25, 0.3) is 0 Å². The fourth-order valence-electron chi connectivity index (χ4n) is 10.0. The second kappa shape index (κ2) is 48.4. The van der Waals surface area contributed by atoms with Gasteiger partial charge in [0.1, 0.15) is 30.5 Å². The predicted molar refractivity (Wildman–Crippen MR) is 283 cm³/mol. The number of aliphatic hydroxyl groups excluding tert-OH is 6. The van der Waals surface area contributed by atoms with Gasteiger partial charge in [0, 0.05) is 6.42 Å². The molecule has 8 atom stereocenters. The maximum Gasteiger partial charge on any atom is 0.220 e. The van der Waals surface area contributed by atoms with Crippen LogP contribution in [0.1, 0.15) is 303 Å². The van der Waals surface area contributed by atoms with Crippen LogP contribution < -0.4 is 5.32 Å². The third-order valence-corrected chi connectivity index (χ3v) is 14.8. The third-order valence-electron chi connectivity index (χ3n) is 14.8. The van der Waals surface area contributed by atoms with E-state index in [-0.39, 0.29) is 18.9 Å². The van der Waals surface area contributed by atoms with Crippen molar-refractivity contribution < 1.29 is 44.9 Å². The Bertz CT molecular complexity index is 1050. The third kappa shape index (κ3) is 37.0. The van der Waals surface area contributed by atoms with Crippen molar-refractivity contribution in [3.05, 3.63) is 0 Å². The second-order valence-corrected chi connectivity index (χ2v) is 21.3. The molecule has 0 spiro atoms. The van der Waals surface area contributed by atoms with E-state index < -0.39 is 55.6 Å². The number of aliphatic hydroxyl groups is 6. The zero-order valence-corrected chi connectivity index (χ0v) is 44.8. The van der Waals surface area contributed by atoms with E-state index in [1.54, 1.807) is 0 Å². The molecular weight excluding hydrogens is 855 g/mol. The van der Waals surface area contributed by atoms with E-state index in [9.17, 15) is 35.4 Å². The summed E-state index contributed by atoms with van der Waals surface area (Å²) in [6.07, 6.45) is 47.5. The number of unbranched alkanes of at least 4 members (excludes halogenated alkanes) is 41. The molecule has 1 rings (SSSR count). The van der Waals surface area contributed by atoms with Crippen molar-refractivity contribution in [2.75, 3.05) is 13.2 Å². The minimum atomic E-state index is -1.60. The van der Waals surface area contributed by atoms with E-state index in [1.807, 2.05) is 0 Å². The molecule has 10 heteroatoms. The van der Waals surface area contributed by atoms with Crippen molar-refractivity contribution in [2.24, 2.45) is 0 Å². The summed E-state index contributed by atoms with van der Waals surface area (Å²) in [6, 6.07) is -0.985. The SMILES string of the molecule is CCCCCCCCCCCCCCCCCCCCCCCCCCCCCCCCCCCCC(=O)N[C@@H](CO[C@@H]1O[C@H](CO)[C@H](O)C(O)C1O)[C@H](O)[C@H](O)CCCCCCCCCCC. The first-order chi connectivity index (χ1) is 33.3. The fourth-order valence-corrected chi connectivity index (χ4v) is 10.0. The summed E-state index contributed by atoms with van der Waals surface area (Å²) in [4.78, 5) is 13.0. The Hall–Kier alpha value is -0.850. The van der Waals surface area contributed by atoms with Crippen molar-refractivity contribution in [1.82, 2.24) is 5.32 Å².